The number of nitrogens with two attached hydrogens (primary N) is 1. The third-order valence-corrected chi connectivity index (χ3v) is 8.72. The molecule has 2 aliphatic carbocycles. The standard InChI is InChI=1S/C14H26N2O3.C12H14O2.C11H24.CH4/c15-9-5-1-2-6-10-16-13(17)11-7-3-4-8-12(11)14(18)19;13-8-9-14-12-7-3-5-10-4-1-2-6-11(10)12;1-3-5-7-9-11-10-8-6-4-2;/h11-12H,1-10,15H2,(H,16,17)(H,18,19);3,5,7-8H,1-2,4,6,9H2;3-11H2,1-2H3;1H4. The van der Waals surface area contributed by atoms with Crippen LogP contribution in [0.2, 0.25) is 0 Å². The third kappa shape index (κ3) is 19.7. The van der Waals surface area contributed by atoms with Crippen molar-refractivity contribution >= 4 is 18.2 Å². The summed E-state index contributed by atoms with van der Waals surface area (Å²) < 4.78 is 5.39. The molecule has 0 radical (unpaired) electrons. The molecule has 0 aliphatic heterocycles. The maximum Gasteiger partial charge on any atom is 0.307 e. The van der Waals surface area contributed by atoms with Crippen LogP contribution < -0.4 is 15.8 Å². The molecule has 45 heavy (non-hydrogen) atoms. The topological polar surface area (TPSA) is 119 Å². The average molecular weight is 633 g/mol. The third-order valence-electron chi connectivity index (χ3n) is 8.72. The van der Waals surface area contributed by atoms with Gasteiger partial charge in [-0.1, -0.05) is 117 Å². The summed E-state index contributed by atoms with van der Waals surface area (Å²) in [5, 5.41) is 12.0. The molecule has 1 fully saturated rings. The van der Waals surface area contributed by atoms with E-state index in [9.17, 15) is 14.4 Å². The molecule has 7 heteroatoms. The molecule has 1 aromatic carbocycles. The lowest BCUT2D eigenvalue weighted by atomic mass is 9.78. The van der Waals surface area contributed by atoms with E-state index >= 15 is 0 Å². The molecule has 2 atom stereocenters. The Morgan fingerprint density at radius 3 is 2.02 bits per heavy atom. The molecular weight excluding hydrogens is 564 g/mol. The van der Waals surface area contributed by atoms with Crippen LogP contribution in [0.25, 0.3) is 0 Å². The van der Waals surface area contributed by atoms with Crippen molar-refractivity contribution < 1.29 is 24.2 Å². The number of amides is 1. The van der Waals surface area contributed by atoms with E-state index in [1.165, 1.54) is 81.8 Å². The number of carbonyl (C=O) groups excluding carboxylic acids is 2. The van der Waals surface area contributed by atoms with E-state index in [1.807, 2.05) is 12.1 Å². The minimum absolute atomic E-state index is 0. The Morgan fingerprint density at radius 1 is 0.844 bits per heavy atom. The van der Waals surface area contributed by atoms with Crippen LogP contribution in [0.4, 0.5) is 0 Å². The molecule has 0 aromatic heterocycles. The summed E-state index contributed by atoms with van der Waals surface area (Å²) in [6, 6.07) is 6.11. The Hall–Kier alpha value is -2.41. The molecule has 3 rings (SSSR count). The van der Waals surface area contributed by atoms with Crippen molar-refractivity contribution in [3.8, 4) is 5.75 Å². The predicted molar refractivity (Wildman–Crippen MR) is 188 cm³/mol. The second-order valence-corrected chi connectivity index (χ2v) is 12.4. The smallest absolute Gasteiger partial charge is 0.307 e. The number of aryl methyl sites for hydroxylation is 1. The lowest BCUT2D eigenvalue weighted by molar-refractivity contribution is -0.148. The van der Waals surface area contributed by atoms with E-state index in [-0.39, 0.29) is 25.9 Å². The largest absolute Gasteiger partial charge is 0.486 e. The quantitative estimate of drug-likeness (QED) is 0.104. The lowest BCUT2D eigenvalue weighted by Gasteiger charge is -2.27. The van der Waals surface area contributed by atoms with Crippen molar-refractivity contribution in [3.63, 3.8) is 0 Å². The van der Waals surface area contributed by atoms with Crippen LogP contribution >= 0.6 is 0 Å². The zero-order valence-corrected chi connectivity index (χ0v) is 28.1. The summed E-state index contributed by atoms with van der Waals surface area (Å²) in [6.07, 6.45) is 25.8. The number of fused-ring (bicyclic) bond motifs is 1. The number of hydrogen-bond donors (Lipinski definition) is 3. The molecule has 0 bridgehead atoms. The minimum atomic E-state index is -0.831. The normalized spacial score (nSPS) is 16.8. The first-order valence-corrected chi connectivity index (χ1v) is 17.9. The molecule has 260 valence electrons. The molecule has 2 aliphatic rings. The van der Waals surface area contributed by atoms with Crippen molar-refractivity contribution in [1.29, 1.82) is 0 Å². The SMILES string of the molecule is C.CCCCCCCCCCC.NCCCCCCNC(=O)C1CCCCC1C(=O)O.O=CCOc1cccc2c1CCCC2. The number of aliphatic carboxylic acids is 1. The molecule has 1 saturated carbocycles. The van der Waals surface area contributed by atoms with Gasteiger partial charge in [0.05, 0.1) is 11.8 Å². The number of carbonyl (C=O) groups is 3. The summed E-state index contributed by atoms with van der Waals surface area (Å²) in [5.74, 6) is -0.843. The van der Waals surface area contributed by atoms with Gasteiger partial charge < -0.3 is 20.9 Å². The van der Waals surface area contributed by atoms with Gasteiger partial charge in [0, 0.05) is 6.54 Å². The van der Waals surface area contributed by atoms with E-state index < -0.39 is 11.9 Å². The molecule has 7 nitrogen and oxygen atoms in total. The fraction of sp³-hybridized carbons (Fsp3) is 0.763. The number of aldehydes is 1. The van der Waals surface area contributed by atoms with E-state index in [2.05, 4.69) is 25.2 Å². The maximum absolute atomic E-state index is 12.0. The molecule has 0 heterocycles. The van der Waals surface area contributed by atoms with Crippen LogP contribution in [0.1, 0.15) is 154 Å². The number of rotatable bonds is 19. The van der Waals surface area contributed by atoms with Crippen LogP contribution in [0.5, 0.6) is 5.75 Å². The van der Waals surface area contributed by atoms with Crippen molar-refractivity contribution in [2.75, 3.05) is 19.7 Å². The summed E-state index contributed by atoms with van der Waals surface area (Å²) >= 11 is 0. The maximum atomic E-state index is 12.0. The molecular formula is C38H68N2O5. The van der Waals surface area contributed by atoms with Crippen molar-refractivity contribution in [3.05, 3.63) is 29.3 Å². The van der Waals surface area contributed by atoms with Crippen LogP contribution in [0, 0.1) is 11.8 Å². The Morgan fingerprint density at radius 2 is 1.42 bits per heavy atom. The predicted octanol–water partition coefficient (Wildman–Crippen LogP) is 8.83. The zero-order chi connectivity index (χ0) is 32.3. The molecule has 1 aromatic rings. The molecule has 0 saturated heterocycles. The number of ether oxygens (including phenoxy) is 1. The Kier molecular flexibility index (Phi) is 27.5. The van der Waals surface area contributed by atoms with Gasteiger partial charge in [-0.05, 0) is 75.1 Å². The molecule has 0 spiro atoms. The Labute approximate surface area is 275 Å². The van der Waals surface area contributed by atoms with Crippen molar-refractivity contribution in [2.45, 2.75) is 156 Å². The van der Waals surface area contributed by atoms with Gasteiger partial charge in [-0.3, -0.25) is 14.4 Å². The number of unbranched alkanes of at least 4 members (excludes halogenated alkanes) is 11. The van der Waals surface area contributed by atoms with Gasteiger partial charge in [-0.15, -0.1) is 0 Å². The highest BCUT2D eigenvalue weighted by Gasteiger charge is 2.35. The van der Waals surface area contributed by atoms with Crippen LogP contribution in [0.3, 0.4) is 0 Å². The first-order chi connectivity index (χ1) is 21.5. The summed E-state index contributed by atoms with van der Waals surface area (Å²) in [6.45, 7) is 6.07. The lowest BCUT2D eigenvalue weighted by Crippen LogP contribution is -2.40. The highest BCUT2D eigenvalue weighted by molar-refractivity contribution is 5.84. The fourth-order valence-electron chi connectivity index (χ4n) is 6.10. The Bertz CT molecular complexity index is 883. The van der Waals surface area contributed by atoms with Gasteiger partial charge in [-0.2, -0.15) is 0 Å². The summed E-state index contributed by atoms with van der Waals surface area (Å²) in [4.78, 5) is 33.4. The van der Waals surface area contributed by atoms with Crippen LogP contribution in [0.15, 0.2) is 18.2 Å². The van der Waals surface area contributed by atoms with Gasteiger partial charge >= 0.3 is 5.97 Å². The van der Waals surface area contributed by atoms with Crippen molar-refractivity contribution in [1.82, 2.24) is 5.32 Å². The molecule has 2 unspecified atom stereocenters. The number of nitrogens with one attached hydrogen (secondary N) is 1. The Balaban J connectivity index is 0.000000664. The molecule has 4 N–H and O–H groups in total. The van der Waals surface area contributed by atoms with E-state index in [0.29, 0.717) is 25.9 Å². The fourth-order valence-corrected chi connectivity index (χ4v) is 6.10. The number of carboxylic acids is 1. The highest BCUT2D eigenvalue weighted by Crippen LogP contribution is 2.31. The summed E-state index contributed by atoms with van der Waals surface area (Å²) in [7, 11) is 0. The van der Waals surface area contributed by atoms with E-state index in [4.69, 9.17) is 15.6 Å². The highest BCUT2D eigenvalue weighted by atomic mass is 16.5. The monoisotopic (exact) mass is 633 g/mol. The average Bonchev–Trinajstić information content (AvgIpc) is 3.05. The van der Waals surface area contributed by atoms with E-state index in [0.717, 1.165) is 63.4 Å². The second kappa shape index (κ2) is 29.0. The van der Waals surface area contributed by atoms with Gasteiger partial charge in [0.2, 0.25) is 5.91 Å². The second-order valence-electron chi connectivity index (χ2n) is 12.4. The first kappa shape index (κ1) is 42.6. The van der Waals surface area contributed by atoms with Crippen molar-refractivity contribution in [2.24, 2.45) is 17.6 Å². The van der Waals surface area contributed by atoms with E-state index in [1.54, 1.807) is 0 Å². The van der Waals surface area contributed by atoms with Gasteiger partial charge in [0.15, 0.2) is 6.29 Å². The van der Waals surface area contributed by atoms with Crippen LogP contribution in [-0.4, -0.2) is 43.0 Å². The van der Waals surface area contributed by atoms with Gasteiger partial charge in [-0.25, -0.2) is 0 Å². The van der Waals surface area contributed by atoms with Gasteiger partial charge in [0.1, 0.15) is 12.4 Å². The first-order valence-electron chi connectivity index (χ1n) is 17.9. The summed E-state index contributed by atoms with van der Waals surface area (Å²) in [5.41, 5.74) is 8.10. The number of benzene rings is 1. The molecule has 1 amide bonds. The number of carboxylic acid groups (broad SMARTS) is 1. The van der Waals surface area contributed by atoms with Gasteiger partial charge in [0.25, 0.3) is 0 Å². The van der Waals surface area contributed by atoms with Crippen LogP contribution in [-0.2, 0) is 27.2 Å². The zero-order valence-electron chi connectivity index (χ0n) is 28.1. The number of hydrogen-bond acceptors (Lipinski definition) is 5. The minimum Gasteiger partial charge on any atom is -0.486 e.